The molecule has 5 heterocycles. The van der Waals surface area contributed by atoms with E-state index in [9.17, 15) is 0 Å². The molecule has 36 atom stereocenters. The molecule has 15 aliphatic rings. The number of hydrogen-bond donors (Lipinski definition) is 7. The average Bonchev–Trinajstić information content (AvgIpc) is 1.60. The van der Waals surface area contributed by atoms with Gasteiger partial charge in [-0.2, -0.15) is 0 Å². The van der Waals surface area contributed by atoms with Crippen LogP contribution in [0.5, 0.6) is 0 Å². The van der Waals surface area contributed by atoms with Gasteiger partial charge in [-0.15, -0.1) is 0 Å². The van der Waals surface area contributed by atoms with Gasteiger partial charge in [0.05, 0.1) is 98.2 Å². The summed E-state index contributed by atoms with van der Waals surface area (Å²) in [6.07, 6.45) is 35.0. The van der Waals surface area contributed by atoms with Crippen molar-refractivity contribution in [2.24, 2.45) is 118 Å². The van der Waals surface area contributed by atoms with E-state index < -0.39 is 0 Å². The smallest absolute Gasteiger partial charge is 0.0678 e. The van der Waals surface area contributed by atoms with Crippen LogP contribution in [-0.4, -0.2) is 165 Å². The molecule has 7 N–H and O–H groups in total. The quantitative estimate of drug-likeness (QED) is 0.0576. The minimum atomic E-state index is -0.0686. The van der Waals surface area contributed by atoms with Crippen molar-refractivity contribution in [3.63, 3.8) is 0 Å². The third-order valence-electron chi connectivity index (χ3n) is 30.2. The van der Waals surface area contributed by atoms with Gasteiger partial charge in [-0.05, 0) is 155 Å². The van der Waals surface area contributed by atoms with Crippen molar-refractivity contribution < 1.29 is 37.9 Å². The number of fused-ring (bicyclic) bond motifs is 26. The first-order valence-corrected chi connectivity index (χ1v) is 40.4. The van der Waals surface area contributed by atoms with E-state index in [1.807, 2.05) is 0 Å². The van der Waals surface area contributed by atoms with E-state index in [0.29, 0.717) is 47.3 Å². The number of hydrogen-bond acceptors (Lipinski definition) is 16. The third-order valence-corrected chi connectivity index (χ3v) is 30.2. The van der Waals surface area contributed by atoms with Gasteiger partial charge in [-0.3, -0.25) is 42.1 Å². The Hall–Kier alpha value is -0.640. The number of ether oxygens (including phenoxy) is 8. The van der Waals surface area contributed by atoms with Crippen molar-refractivity contribution in [1.29, 1.82) is 0 Å². The predicted molar refractivity (Wildman–Crippen MR) is 364 cm³/mol. The summed E-state index contributed by atoms with van der Waals surface area (Å²) in [5.74, 6) is 7.90. The van der Waals surface area contributed by atoms with Gasteiger partial charge in [0.1, 0.15) is 0 Å². The van der Waals surface area contributed by atoms with Crippen LogP contribution in [0.1, 0.15) is 207 Å². The second kappa shape index (κ2) is 30.1. The molecule has 16 nitrogen and oxygen atoms in total. The van der Waals surface area contributed by atoms with Gasteiger partial charge in [-0.25, -0.2) is 0 Å². The van der Waals surface area contributed by atoms with E-state index in [2.05, 4.69) is 84.0 Å². The molecule has 0 amide bonds. The second-order valence-corrected chi connectivity index (χ2v) is 34.2. The first kappa shape index (κ1) is 68.1. The molecule has 0 aromatic heterocycles. The van der Waals surface area contributed by atoms with Gasteiger partial charge in [0.25, 0.3) is 0 Å². The predicted octanol–water partition coefficient (Wildman–Crippen LogP) is 10.8. The zero-order chi connectivity index (χ0) is 63.6. The highest BCUT2D eigenvalue weighted by atomic mass is 16.5. The normalized spacial score (nSPS) is 52.2. The highest BCUT2D eigenvalue weighted by molar-refractivity contribution is 5.20. The van der Waals surface area contributed by atoms with E-state index in [4.69, 9.17) is 59.2 Å². The third kappa shape index (κ3) is 12.3. The molecule has 0 spiro atoms. The highest BCUT2D eigenvalue weighted by Crippen LogP contribution is 2.61. The van der Waals surface area contributed by atoms with Crippen LogP contribution in [0.2, 0.25) is 0 Å². The summed E-state index contributed by atoms with van der Waals surface area (Å²) in [6, 6.07) is 0. The summed E-state index contributed by atoms with van der Waals surface area (Å²) >= 11 is 0. The van der Waals surface area contributed by atoms with Crippen LogP contribution in [0, 0.1) is 118 Å². The molecular weight excluding hydrogens is 1160 g/mol. The average molecular weight is 1300 g/mol. The summed E-state index contributed by atoms with van der Waals surface area (Å²) < 4.78 is 59.7. The van der Waals surface area contributed by atoms with Crippen LogP contribution in [0.4, 0.5) is 0 Å². The lowest BCUT2D eigenvalue weighted by atomic mass is 9.54. The van der Waals surface area contributed by atoms with Crippen molar-refractivity contribution in [3.8, 4) is 0 Å². The van der Waals surface area contributed by atoms with Gasteiger partial charge in [-0.1, -0.05) is 130 Å². The molecule has 5 aliphatic heterocycles. The summed E-state index contributed by atoms with van der Waals surface area (Å²) in [4.78, 5) is 2.81. The minimum Gasteiger partial charge on any atom is -0.381 e. The van der Waals surface area contributed by atoms with E-state index in [0.717, 1.165) is 101 Å². The molecule has 16 heteroatoms. The molecular formula is C77H134N8O8. The number of nitrogens with one attached hydrogen (secondary N) is 7. The lowest BCUT2D eigenvalue weighted by Gasteiger charge is -2.56. The topological polar surface area (TPSA) is 161 Å². The number of rotatable bonds is 20. The Bertz CT molecular complexity index is 2230. The maximum atomic E-state index is 7.69. The SMILES string of the molecule is CCCCOC1C2CCCCC2C(OCCCC)C2C3NC4NC(NC5C6C(OCCCC)C7CCCCC7C(OCCCC)C6C(NC6NC(NC(N3)C12)C1C(OC)C2CC3CCCCC3CC2C(OC)C61)N5C)C1C(OC)C2CC3CCCCC3CC2C(OC)C41. The van der Waals surface area contributed by atoms with Gasteiger partial charge in [0, 0.05) is 102 Å². The molecule has 10 aliphatic carbocycles. The van der Waals surface area contributed by atoms with Crippen LogP contribution in [-0.2, 0) is 37.9 Å². The van der Waals surface area contributed by atoms with Crippen LogP contribution in [0.25, 0.3) is 0 Å². The van der Waals surface area contributed by atoms with Gasteiger partial charge >= 0.3 is 0 Å². The Kier molecular flexibility index (Phi) is 22.1. The van der Waals surface area contributed by atoms with Crippen molar-refractivity contribution in [2.75, 3.05) is 61.9 Å². The molecule has 15 fully saturated rings. The Labute approximate surface area is 563 Å². The zero-order valence-electron chi connectivity index (χ0n) is 59.6. The first-order valence-electron chi connectivity index (χ1n) is 40.4. The lowest BCUT2D eigenvalue weighted by Crippen LogP contribution is -2.64. The fourth-order valence-electron chi connectivity index (χ4n) is 26.6. The fourth-order valence-corrected chi connectivity index (χ4v) is 26.6. The van der Waals surface area contributed by atoms with E-state index in [-0.39, 0.29) is 146 Å². The lowest BCUT2D eigenvalue weighted by molar-refractivity contribution is -0.181. The molecule has 36 unspecified atom stereocenters. The maximum Gasteiger partial charge on any atom is 0.0678 e. The van der Waals surface area contributed by atoms with Gasteiger partial charge < -0.3 is 37.9 Å². The molecule has 5 saturated heterocycles. The van der Waals surface area contributed by atoms with Crippen LogP contribution < -0.4 is 37.2 Å². The Morgan fingerprint density at radius 1 is 0.280 bits per heavy atom. The number of nitrogens with zero attached hydrogens (tertiary/aromatic N) is 1. The Morgan fingerprint density at radius 3 is 0.753 bits per heavy atom. The first-order chi connectivity index (χ1) is 45.7. The number of unbranched alkanes of at least 4 members (excludes halogenated alkanes) is 4. The summed E-state index contributed by atoms with van der Waals surface area (Å²) in [7, 11) is 10.8. The van der Waals surface area contributed by atoms with Crippen molar-refractivity contribution in [2.45, 2.75) is 306 Å². The standard InChI is InChI=1S/C77H134N8O8/c1-10-14-34-90-66-46-30-22-23-31-47(46)67(91-35-15-11-2)59-58(66)72-78-70-54-56(64(88-8)52-40-44-28-20-18-26-42(44)38-50(52)62(54)86-6)74(81-70)83-76-60-61(69(93-37-17-13-4)49-33-25-24-32-48(49)68(60)92-36-16-12-3)77(85(76)5)84-75-57-55(71(82-75)79-73(59)80-72)63(87-7)51-39-43-27-19-21-29-45(43)41-53(51)65(57)89-9/h42-84H,10-41H2,1-9H3. The van der Waals surface area contributed by atoms with E-state index >= 15 is 0 Å². The maximum absolute atomic E-state index is 7.69. The molecule has 0 aromatic rings. The highest BCUT2D eigenvalue weighted by Gasteiger charge is 2.70. The van der Waals surface area contributed by atoms with Gasteiger partial charge in [0.2, 0.25) is 0 Å². The molecule has 10 saturated carbocycles. The zero-order valence-corrected chi connectivity index (χ0v) is 59.6. The van der Waals surface area contributed by atoms with Crippen LogP contribution in [0.15, 0.2) is 0 Å². The van der Waals surface area contributed by atoms with Crippen molar-refractivity contribution >= 4 is 0 Å². The largest absolute Gasteiger partial charge is 0.381 e. The Morgan fingerprint density at radius 2 is 0.505 bits per heavy atom. The van der Waals surface area contributed by atoms with Crippen LogP contribution in [0.3, 0.4) is 0 Å². The van der Waals surface area contributed by atoms with Crippen LogP contribution >= 0.6 is 0 Å². The van der Waals surface area contributed by atoms with Gasteiger partial charge in [0.15, 0.2) is 0 Å². The molecule has 93 heavy (non-hydrogen) atoms. The van der Waals surface area contributed by atoms with E-state index in [1.165, 1.54) is 128 Å². The number of methoxy groups -OCH3 is 4. The fraction of sp³-hybridized carbons (Fsp3) is 1.00. The molecule has 530 valence electrons. The van der Waals surface area contributed by atoms with Crippen molar-refractivity contribution in [3.05, 3.63) is 0 Å². The second-order valence-electron chi connectivity index (χ2n) is 34.2. The summed E-state index contributed by atoms with van der Waals surface area (Å²) in [5, 5.41) is 32.8. The van der Waals surface area contributed by atoms with E-state index in [1.54, 1.807) is 0 Å². The molecule has 15 rings (SSSR count). The van der Waals surface area contributed by atoms with Crippen molar-refractivity contribution in [1.82, 2.24) is 42.1 Å². The molecule has 8 bridgehead atoms. The molecule has 0 aromatic carbocycles. The minimum absolute atomic E-state index is 0.0138. The molecule has 0 radical (unpaired) electrons. The Balaban J connectivity index is 0.902. The summed E-state index contributed by atoms with van der Waals surface area (Å²) in [6.45, 7) is 12.6. The summed E-state index contributed by atoms with van der Waals surface area (Å²) in [5.41, 5.74) is 0. The monoisotopic (exact) mass is 1300 g/mol.